The number of aliphatic hydroxyl groups is 1. The number of ether oxygens (including phenoxy) is 2. The monoisotopic (exact) mass is 382 g/mol. The van der Waals surface area contributed by atoms with Gasteiger partial charge in [-0.1, -0.05) is 13.0 Å². The highest BCUT2D eigenvalue weighted by Gasteiger charge is 2.52. The van der Waals surface area contributed by atoms with Crippen LogP contribution in [0.1, 0.15) is 6.92 Å². The lowest BCUT2D eigenvalue weighted by molar-refractivity contribution is -0.187. The van der Waals surface area contributed by atoms with Crippen molar-refractivity contribution in [2.24, 2.45) is 5.92 Å². The number of rotatable bonds is 7. The number of β-amino-alcohol motifs (C(OH)–C–C–N with tert-alkyl or cyclic N) is 1. The molecule has 0 bridgehead atoms. The topological polar surface area (TPSA) is 105 Å². The molecule has 0 aromatic carbocycles. The summed E-state index contributed by atoms with van der Waals surface area (Å²) < 4.78 is 47.8. The second-order valence-electron chi connectivity index (χ2n) is 5.74. The van der Waals surface area contributed by atoms with Crippen LogP contribution in [0.5, 0.6) is 0 Å². The van der Waals surface area contributed by atoms with Gasteiger partial charge in [0.15, 0.2) is 6.04 Å². The molecule has 0 spiro atoms. The molecule has 0 aromatic rings. The number of nitrogens with one attached hydrogen (secondary N) is 1. The minimum absolute atomic E-state index is 0.0700. The fourth-order valence-electron chi connectivity index (χ4n) is 2.57. The first-order valence-corrected chi connectivity index (χ1v) is 7.67. The Balaban J connectivity index is 2.96. The molecule has 8 nitrogen and oxygen atoms in total. The van der Waals surface area contributed by atoms with Gasteiger partial charge in [-0.05, 0) is 0 Å². The van der Waals surface area contributed by atoms with E-state index in [1.807, 2.05) is 0 Å². The summed E-state index contributed by atoms with van der Waals surface area (Å²) in [4.78, 5) is 36.0. The zero-order chi connectivity index (χ0) is 20.1. The van der Waals surface area contributed by atoms with Gasteiger partial charge in [-0.3, -0.25) is 9.59 Å². The Hall–Kier alpha value is -2.14. The van der Waals surface area contributed by atoms with E-state index in [2.05, 4.69) is 16.6 Å². The molecule has 0 aliphatic carbocycles. The first-order valence-electron chi connectivity index (χ1n) is 7.67. The maximum atomic E-state index is 12.7. The third-order valence-electron chi connectivity index (χ3n) is 3.92. The number of alkyl halides is 3. The molecule has 0 unspecified atom stereocenters. The molecule has 0 aromatic heterocycles. The number of nitrogens with zero attached hydrogens (tertiary/aromatic N) is 1. The Morgan fingerprint density at radius 3 is 2.54 bits per heavy atom. The van der Waals surface area contributed by atoms with Gasteiger partial charge in [0, 0.05) is 12.5 Å². The standard InChI is InChI=1S/C15H21F3N2O6/c1-4-5-26-7-9(13(23)25-3)19-12(22)11-8(2)10(21)6-20(11)14(24)15(16,17)18/h4,8-11,21H,1,5-7H2,2-3H3,(H,19,22)/t8-,9-,10-,11+/m0/s1. The van der Waals surface area contributed by atoms with E-state index in [9.17, 15) is 32.7 Å². The van der Waals surface area contributed by atoms with Crippen molar-refractivity contribution < 1.29 is 42.1 Å². The third-order valence-corrected chi connectivity index (χ3v) is 3.92. The highest BCUT2D eigenvalue weighted by molar-refractivity contribution is 5.93. The van der Waals surface area contributed by atoms with Crippen LogP contribution in [0.25, 0.3) is 0 Å². The first-order chi connectivity index (χ1) is 12.0. The van der Waals surface area contributed by atoms with Crippen LogP contribution in [-0.2, 0) is 23.9 Å². The normalized spacial score (nSPS) is 24.1. The summed E-state index contributed by atoms with van der Waals surface area (Å²) >= 11 is 0. The van der Waals surface area contributed by atoms with Gasteiger partial charge in [0.05, 0.1) is 26.4 Å². The summed E-state index contributed by atoms with van der Waals surface area (Å²) in [6.45, 7) is 3.86. The number of amides is 2. The average Bonchev–Trinajstić information content (AvgIpc) is 2.86. The lowest BCUT2D eigenvalue weighted by Crippen LogP contribution is -2.55. The molecule has 11 heteroatoms. The molecule has 26 heavy (non-hydrogen) atoms. The van der Waals surface area contributed by atoms with Crippen LogP contribution in [0, 0.1) is 5.92 Å². The van der Waals surface area contributed by atoms with Crippen LogP contribution < -0.4 is 5.32 Å². The van der Waals surface area contributed by atoms with E-state index in [4.69, 9.17) is 4.74 Å². The number of halogens is 3. The molecule has 4 atom stereocenters. The predicted octanol–water partition coefficient (Wildman–Crippen LogP) is -0.383. The van der Waals surface area contributed by atoms with Crippen molar-refractivity contribution in [3.8, 4) is 0 Å². The summed E-state index contributed by atoms with van der Waals surface area (Å²) in [5, 5.41) is 12.0. The van der Waals surface area contributed by atoms with Gasteiger partial charge < -0.3 is 24.8 Å². The Morgan fingerprint density at radius 2 is 2.04 bits per heavy atom. The van der Waals surface area contributed by atoms with Crippen LogP contribution >= 0.6 is 0 Å². The molecule has 1 aliphatic heterocycles. The summed E-state index contributed by atoms with van der Waals surface area (Å²) in [5.74, 6) is -5.10. The van der Waals surface area contributed by atoms with Crippen molar-refractivity contribution in [3.63, 3.8) is 0 Å². The van der Waals surface area contributed by atoms with E-state index in [0.29, 0.717) is 0 Å². The van der Waals surface area contributed by atoms with E-state index >= 15 is 0 Å². The zero-order valence-corrected chi connectivity index (χ0v) is 14.3. The van der Waals surface area contributed by atoms with E-state index < -0.39 is 54.6 Å². The molecule has 1 aliphatic rings. The largest absolute Gasteiger partial charge is 0.471 e. The molecule has 1 rings (SSSR count). The third kappa shape index (κ3) is 5.18. The van der Waals surface area contributed by atoms with E-state index in [-0.39, 0.29) is 18.1 Å². The Morgan fingerprint density at radius 1 is 1.42 bits per heavy atom. The van der Waals surface area contributed by atoms with Crippen molar-refractivity contribution in [2.75, 3.05) is 26.9 Å². The summed E-state index contributed by atoms with van der Waals surface area (Å²) in [6.07, 6.45) is -5.11. The molecule has 1 heterocycles. The van der Waals surface area contributed by atoms with Crippen LogP contribution in [0.2, 0.25) is 0 Å². The van der Waals surface area contributed by atoms with Crippen LogP contribution in [0.4, 0.5) is 13.2 Å². The number of hydrogen-bond acceptors (Lipinski definition) is 6. The summed E-state index contributed by atoms with van der Waals surface area (Å²) in [6, 6.07) is -2.88. The van der Waals surface area contributed by atoms with Crippen molar-refractivity contribution in [1.29, 1.82) is 0 Å². The molecule has 2 N–H and O–H groups in total. The fraction of sp³-hybridized carbons (Fsp3) is 0.667. The van der Waals surface area contributed by atoms with Crippen molar-refractivity contribution in [3.05, 3.63) is 12.7 Å². The Labute approximate surface area is 147 Å². The van der Waals surface area contributed by atoms with E-state index in [0.717, 1.165) is 7.11 Å². The minimum atomic E-state index is -5.20. The average molecular weight is 382 g/mol. The van der Waals surface area contributed by atoms with E-state index in [1.165, 1.54) is 13.0 Å². The second-order valence-corrected chi connectivity index (χ2v) is 5.74. The van der Waals surface area contributed by atoms with Gasteiger partial charge >= 0.3 is 18.1 Å². The van der Waals surface area contributed by atoms with Gasteiger partial charge in [0.25, 0.3) is 0 Å². The SMILES string of the molecule is C=CCOC[C@H](NC(=O)[C@H]1[C@@H](C)[C@@H](O)CN1C(=O)C(F)(F)F)C(=O)OC. The maximum Gasteiger partial charge on any atom is 0.471 e. The molecule has 2 amide bonds. The van der Waals surface area contributed by atoms with Crippen molar-refractivity contribution in [1.82, 2.24) is 10.2 Å². The Bertz CT molecular complexity index is 554. The quantitative estimate of drug-likeness (QED) is 0.353. The van der Waals surface area contributed by atoms with Crippen molar-refractivity contribution in [2.45, 2.75) is 31.3 Å². The molecule has 0 radical (unpaired) electrons. The van der Waals surface area contributed by atoms with Crippen LogP contribution in [0.3, 0.4) is 0 Å². The number of aliphatic hydroxyl groups excluding tert-OH is 1. The minimum Gasteiger partial charge on any atom is -0.467 e. The fourth-order valence-corrected chi connectivity index (χ4v) is 2.57. The zero-order valence-electron chi connectivity index (χ0n) is 14.3. The van der Waals surface area contributed by atoms with Crippen LogP contribution in [0.15, 0.2) is 12.7 Å². The van der Waals surface area contributed by atoms with Gasteiger partial charge in [0.1, 0.15) is 6.04 Å². The molecule has 1 fully saturated rings. The Kier molecular flexibility index (Phi) is 7.57. The number of likely N-dealkylation sites (tertiary alicyclic amines) is 1. The highest BCUT2D eigenvalue weighted by atomic mass is 19.4. The molecule has 1 saturated heterocycles. The van der Waals surface area contributed by atoms with E-state index in [1.54, 1.807) is 0 Å². The molecule has 0 saturated carbocycles. The van der Waals surface area contributed by atoms with Gasteiger partial charge in [0.2, 0.25) is 5.91 Å². The molecular weight excluding hydrogens is 361 g/mol. The second kappa shape index (κ2) is 8.99. The van der Waals surface area contributed by atoms with Gasteiger partial charge in [-0.15, -0.1) is 6.58 Å². The number of methoxy groups -OCH3 is 1. The lowest BCUT2D eigenvalue weighted by atomic mass is 9.99. The number of carbonyl (C=O) groups is 3. The summed E-state index contributed by atoms with van der Waals surface area (Å²) in [7, 11) is 1.07. The number of carbonyl (C=O) groups excluding carboxylic acids is 3. The highest BCUT2D eigenvalue weighted by Crippen LogP contribution is 2.29. The summed E-state index contributed by atoms with van der Waals surface area (Å²) in [5.41, 5.74) is 0. The molecule has 148 valence electrons. The lowest BCUT2D eigenvalue weighted by Gasteiger charge is -2.27. The molecular formula is C15H21F3N2O6. The smallest absolute Gasteiger partial charge is 0.467 e. The predicted molar refractivity (Wildman–Crippen MR) is 81.7 cm³/mol. The number of hydrogen-bond donors (Lipinski definition) is 2. The first kappa shape index (κ1) is 21.9. The van der Waals surface area contributed by atoms with Gasteiger partial charge in [-0.2, -0.15) is 13.2 Å². The van der Waals surface area contributed by atoms with Crippen LogP contribution in [-0.4, -0.2) is 79.0 Å². The maximum absolute atomic E-state index is 12.7. The van der Waals surface area contributed by atoms with Crippen molar-refractivity contribution >= 4 is 17.8 Å². The number of esters is 1. The van der Waals surface area contributed by atoms with Gasteiger partial charge in [-0.25, -0.2) is 4.79 Å².